The molecule has 1 aliphatic heterocycles. The third-order valence-electron chi connectivity index (χ3n) is 3.07. The van der Waals surface area contributed by atoms with E-state index in [0.717, 1.165) is 0 Å². The summed E-state index contributed by atoms with van der Waals surface area (Å²) in [5.74, 6) is 1.63. The molecule has 0 fully saturated rings. The number of aromatic amines is 2. The topological polar surface area (TPSA) is 172 Å². The Morgan fingerprint density at radius 2 is 1.20 bits per heavy atom. The summed E-state index contributed by atoms with van der Waals surface area (Å²) in [5, 5.41) is 15.6. The van der Waals surface area contributed by atoms with Crippen molar-refractivity contribution in [1.82, 2.24) is 25.8 Å². The number of nitrogens with one attached hydrogen (secondary N) is 3. The van der Waals surface area contributed by atoms with Crippen LogP contribution >= 0.6 is 0 Å². The zero-order chi connectivity index (χ0) is 20.6. The molecule has 3 rings (SSSR count). The van der Waals surface area contributed by atoms with E-state index in [0.29, 0.717) is 17.5 Å². The number of hydrogen-bond acceptors (Lipinski definition) is 10. The molecular formula is C18H38N6O6. The van der Waals surface area contributed by atoms with E-state index < -0.39 is 17.9 Å². The molecular weight excluding hydrogens is 396 g/mol. The summed E-state index contributed by atoms with van der Waals surface area (Å²) < 4.78 is 8.53. The van der Waals surface area contributed by atoms with Crippen LogP contribution < -0.4 is 17.0 Å². The van der Waals surface area contributed by atoms with E-state index in [-0.39, 0.29) is 40.0 Å². The molecule has 1 aliphatic rings. The third kappa shape index (κ3) is 11.3. The van der Waals surface area contributed by atoms with Crippen molar-refractivity contribution < 1.29 is 19.0 Å². The highest BCUT2D eigenvalue weighted by Crippen LogP contribution is 2.04. The maximum Gasteiger partial charge on any atom is 0.438 e. The number of aromatic nitrogens is 4. The number of aliphatic imine (C=N–C) groups is 1. The average molecular weight is 435 g/mol. The van der Waals surface area contributed by atoms with Crippen molar-refractivity contribution in [2.24, 2.45) is 10.9 Å². The summed E-state index contributed by atoms with van der Waals surface area (Å²) in [7, 11) is 0. The lowest BCUT2D eigenvalue weighted by atomic mass is 10.2. The van der Waals surface area contributed by atoms with Crippen molar-refractivity contribution in [3.8, 4) is 0 Å². The molecule has 4 N–H and O–H groups in total. The monoisotopic (exact) mass is 434 g/mol. The molecule has 2 aromatic heterocycles. The zero-order valence-electron chi connectivity index (χ0n) is 16.1. The Morgan fingerprint density at radius 3 is 1.33 bits per heavy atom. The Morgan fingerprint density at radius 1 is 0.800 bits per heavy atom. The van der Waals surface area contributed by atoms with Crippen molar-refractivity contribution in [2.75, 3.05) is 0 Å². The van der Waals surface area contributed by atoms with Crippen LogP contribution in [0.3, 0.4) is 0 Å². The van der Waals surface area contributed by atoms with Gasteiger partial charge in [0, 0.05) is 17.8 Å². The van der Waals surface area contributed by atoms with Gasteiger partial charge in [0.25, 0.3) is 6.41 Å². The van der Waals surface area contributed by atoms with Gasteiger partial charge in [0.05, 0.1) is 0 Å². The predicted molar refractivity (Wildman–Crippen MR) is 115 cm³/mol. The van der Waals surface area contributed by atoms with Gasteiger partial charge in [0.1, 0.15) is 5.84 Å². The Kier molecular flexibility index (Phi) is 16.1. The van der Waals surface area contributed by atoms with Gasteiger partial charge in [-0.2, -0.15) is 0 Å². The molecule has 3 heterocycles. The number of hydrogen-bond donors (Lipinski definition) is 4. The highest BCUT2D eigenvalue weighted by atomic mass is 16.7. The molecule has 0 amide bonds. The van der Waals surface area contributed by atoms with Gasteiger partial charge in [-0.25, -0.2) is 24.9 Å². The maximum absolute atomic E-state index is 10.3. The molecule has 1 unspecified atom stereocenters. The molecule has 2 aromatic rings. The first-order valence-corrected chi connectivity index (χ1v) is 8.39. The van der Waals surface area contributed by atoms with Crippen LogP contribution in [0.1, 0.15) is 87.3 Å². The fourth-order valence-electron chi connectivity index (χ4n) is 1.53. The van der Waals surface area contributed by atoms with Crippen molar-refractivity contribution in [3.05, 3.63) is 32.8 Å². The second kappa shape index (κ2) is 15.2. The number of hydroxylamine groups is 1. The van der Waals surface area contributed by atoms with Crippen LogP contribution in [0.4, 0.5) is 0 Å². The summed E-state index contributed by atoms with van der Waals surface area (Å²) in [4.78, 5) is 33.8. The Balaban J connectivity index is -0.000000347. The molecule has 0 aromatic carbocycles. The minimum Gasteiger partial charge on any atom is -0.348 e. The second-order valence-electron chi connectivity index (χ2n) is 6.49. The average Bonchev–Trinajstić information content (AvgIpc) is 3.30. The van der Waals surface area contributed by atoms with Crippen molar-refractivity contribution in [3.63, 3.8) is 0 Å². The molecule has 12 nitrogen and oxygen atoms in total. The minimum atomic E-state index is -1.01. The maximum atomic E-state index is 10.3. The molecule has 0 saturated carbocycles. The molecule has 30 heavy (non-hydrogen) atoms. The molecule has 1 atom stereocenters. The summed E-state index contributed by atoms with van der Waals surface area (Å²) >= 11 is 0. The van der Waals surface area contributed by atoms with Crippen LogP contribution in [0.2, 0.25) is 0 Å². The first kappa shape index (κ1) is 31.9. The van der Waals surface area contributed by atoms with E-state index in [4.69, 9.17) is 5.11 Å². The van der Waals surface area contributed by atoms with Crippen molar-refractivity contribution >= 4 is 5.84 Å². The largest absolute Gasteiger partial charge is 0.438 e. The van der Waals surface area contributed by atoms with Crippen molar-refractivity contribution in [2.45, 2.75) is 82.1 Å². The van der Waals surface area contributed by atoms with Crippen molar-refractivity contribution in [1.29, 1.82) is 0 Å². The standard InChI is InChI=1S/C5H10N2O2.2C5H8N2O2.3CH4/c3*1-3(2)4-6-5(8)9-7-4;;;/h3,5,8H,1-2H3,(H,6,7);2*3H,1-2H3,(H,6,7,8);3*1H4. The van der Waals surface area contributed by atoms with Gasteiger partial charge in [-0.1, -0.05) is 74.1 Å². The second-order valence-corrected chi connectivity index (χ2v) is 6.49. The molecule has 0 spiro atoms. The summed E-state index contributed by atoms with van der Waals surface area (Å²) in [5.41, 5.74) is 2.51. The number of nitrogens with zero attached hydrogens (tertiary/aromatic N) is 3. The van der Waals surface area contributed by atoms with Crippen LogP contribution in [-0.4, -0.2) is 37.6 Å². The van der Waals surface area contributed by atoms with Crippen LogP contribution in [0, 0.1) is 5.92 Å². The van der Waals surface area contributed by atoms with Gasteiger partial charge >= 0.3 is 11.5 Å². The predicted octanol–water partition coefficient (Wildman–Crippen LogP) is 2.73. The molecule has 0 radical (unpaired) electrons. The van der Waals surface area contributed by atoms with Crippen LogP contribution in [0.15, 0.2) is 23.6 Å². The number of rotatable bonds is 3. The first-order chi connectivity index (χ1) is 12.6. The quantitative estimate of drug-likeness (QED) is 0.566. The van der Waals surface area contributed by atoms with Crippen LogP contribution in [0.25, 0.3) is 0 Å². The fourth-order valence-corrected chi connectivity index (χ4v) is 1.53. The zero-order valence-corrected chi connectivity index (χ0v) is 16.1. The van der Waals surface area contributed by atoms with Gasteiger partial charge in [-0.05, 0) is 0 Å². The summed E-state index contributed by atoms with van der Waals surface area (Å²) in [6.07, 6.45) is -1.01. The Hall–Kier alpha value is -2.73. The highest BCUT2D eigenvalue weighted by molar-refractivity contribution is 5.83. The van der Waals surface area contributed by atoms with E-state index in [2.05, 4.69) is 44.6 Å². The number of aliphatic hydroxyl groups excluding tert-OH is 1. The molecule has 176 valence electrons. The van der Waals surface area contributed by atoms with Crippen LogP contribution in [-0.2, 0) is 4.84 Å². The third-order valence-corrected chi connectivity index (χ3v) is 3.07. The van der Waals surface area contributed by atoms with Gasteiger partial charge in [0.2, 0.25) is 0 Å². The van der Waals surface area contributed by atoms with Gasteiger partial charge in [-0.3, -0.25) is 19.0 Å². The normalized spacial score (nSPS) is 14.2. The Bertz CT molecular complexity index is 765. The molecule has 12 heteroatoms. The van der Waals surface area contributed by atoms with E-state index in [1.54, 1.807) is 0 Å². The fraction of sp³-hybridized carbons (Fsp3) is 0.722. The minimum absolute atomic E-state index is 0. The molecule has 0 saturated heterocycles. The van der Waals surface area contributed by atoms with E-state index in [1.807, 2.05) is 41.5 Å². The Labute approximate surface area is 177 Å². The van der Waals surface area contributed by atoms with E-state index in [1.165, 1.54) is 0 Å². The SMILES string of the molecule is C.C.C.CC(C)C1=NC(O)ON1.CC(C)c1noc(=O)[nH]1.CC(C)c1noc(=O)[nH]1. The lowest BCUT2D eigenvalue weighted by Gasteiger charge is -2.01. The van der Waals surface area contributed by atoms with Gasteiger partial charge in [0.15, 0.2) is 11.6 Å². The summed E-state index contributed by atoms with van der Waals surface area (Å²) in [6.45, 7) is 11.6. The van der Waals surface area contributed by atoms with E-state index >= 15 is 0 Å². The smallest absolute Gasteiger partial charge is 0.348 e. The number of amidine groups is 1. The number of H-pyrrole nitrogens is 2. The highest BCUT2D eigenvalue weighted by Gasteiger charge is 2.16. The molecule has 0 aliphatic carbocycles. The summed E-state index contributed by atoms with van der Waals surface area (Å²) in [6, 6.07) is 0. The van der Waals surface area contributed by atoms with Gasteiger partial charge in [-0.15, -0.1) is 0 Å². The number of aliphatic hydroxyl groups is 1. The van der Waals surface area contributed by atoms with Gasteiger partial charge < -0.3 is 5.11 Å². The van der Waals surface area contributed by atoms with Crippen LogP contribution in [0.5, 0.6) is 0 Å². The first-order valence-electron chi connectivity index (χ1n) is 8.39. The lowest BCUT2D eigenvalue weighted by molar-refractivity contribution is -0.102. The van der Waals surface area contributed by atoms with E-state index in [9.17, 15) is 9.59 Å². The lowest BCUT2D eigenvalue weighted by Crippen LogP contribution is -2.22. The molecule has 0 bridgehead atoms.